The lowest BCUT2D eigenvalue weighted by molar-refractivity contribution is -0.274. The number of amides is 1. The molecule has 3 rings (SSSR count). The van der Waals surface area contributed by atoms with Crippen LogP contribution in [0, 0.1) is 0 Å². The maximum absolute atomic E-state index is 12.1. The van der Waals surface area contributed by atoms with Crippen LogP contribution >= 0.6 is 0 Å². The molecule has 1 N–H and O–H groups in total. The summed E-state index contributed by atoms with van der Waals surface area (Å²) in [6, 6.07) is 6.12. The van der Waals surface area contributed by atoms with E-state index in [9.17, 15) is 18.0 Å². The van der Waals surface area contributed by atoms with Crippen molar-refractivity contribution in [1.82, 2.24) is 10.2 Å². The Balaban J connectivity index is 0.000000260. The number of carbonyl (C=O) groups excluding carboxylic acids is 1. The van der Waals surface area contributed by atoms with E-state index in [-0.39, 0.29) is 11.7 Å². The minimum Gasteiger partial charge on any atom is -0.406 e. The highest BCUT2D eigenvalue weighted by Gasteiger charge is 2.31. The zero-order valence-corrected chi connectivity index (χ0v) is 22.4. The number of ether oxygens (including phenoxy) is 1. The van der Waals surface area contributed by atoms with Gasteiger partial charge in [-0.2, -0.15) is 0 Å². The fraction of sp³-hybridized carbons (Fsp3) is 0.552. The molecule has 1 aromatic rings. The van der Waals surface area contributed by atoms with Crippen LogP contribution in [-0.4, -0.2) is 56.9 Å². The summed E-state index contributed by atoms with van der Waals surface area (Å²) in [5.41, 5.74) is 3.39. The zero-order chi connectivity index (χ0) is 27.1. The number of alkyl halides is 3. The number of unbranched alkanes of at least 4 members (excludes halogenated alkanes) is 3. The van der Waals surface area contributed by atoms with Crippen molar-refractivity contribution in [2.24, 2.45) is 0 Å². The lowest BCUT2D eigenvalue weighted by atomic mass is 10.1. The fourth-order valence-corrected chi connectivity index (χ4v) is 4.21. The molecule has 0 atom stereocenters. The summed E-state index contributed by atoms with van der Waals surface area (Å²) in [5.74, 6) is 0.103. The number of rotatable bonds is 9. The molecule has 1 amide bonds. The van der Waals surface area contributed by atoms with E-state index < -0.39 is 6.36 Å². The number of hydrogen-bond acceptors (Lipinski definition) is 4. The van der Waals surface area contributed by atoms with E-state index in [0.29, 0.717) is 6.42 Å². The Bertz CT molecular complexity index is 917. The second kappa shape index (κ2) is 16.2. The Kier molecular flexibility index (Phi) is 13.3. The van der Waals surface area contributed by atoms with Crippen molar-refractivity contribution in [1.29, 1.82) is 0 Å². The molecule has 1 aliphatic carbocycles. The third kappa shape index (κ3) is 12.4. The Labute approximate surface area is 220 Å². The molecular weight excluding hydrogens is 479 g/mol. The van der Waals surface area contributed by atoms with Crippen molar-refractivity contribution in [2.75, 3.05) is 44.7 Å². The van der Waals surface area contributed by atoms with Gasteiger partial charge in [0.25, 0.3) is 0 Å². The maximum Gasteiger partial charge on any atom is 0.573 e. The molecule has 1 heterocycles. The molecule has 1 aliphatic heterocycles. The standard InChI is InChI=1S/C17H27NO.C12H15F3N2O/c1-4-5-6-10-13-17(19)18(3)14-16-12-9-7-8-11-15(16)2;13-12(14,15)18-11-4-1-3-10(9-11)17-7-2-5-16-6-8-17/h7-9,11H,4-6,10,12-14H2,1-3H3;1,3-4,9,16H,2,5-8H2. The van der Waals surface area contributed by atoms with Gasteiger partial charge in [0.1, 0.15) is 5.75 Å². The van der Waals surface area contributed by atoms with E-state index in [1.807, 2.05) is 11.9 Å². The first kappa shape index (κ1) is 30.5. The van der Waals surface area contributed by atoms with Gasteiger partial charge >= 0.3 is 6.36 Å². The Morgan fingerprint density at radius 3 is 2.70 bits per heavy atom. The van der Waals surface area contributed by atoms with Gasteiger partial charge in [-0.3, -0.25) is 4.79 Å². The van der Waals surface area contributed by atoms with Crippen LogP contribution in [0.2, 0.25) is 0 Å². The van der Waals surface area contributed by atoms with Gasteiger partial charge in [0.15, 0.2) is 0 Å². The highest BCUT2D eigenvalue weighted by molar-refractivity contribution is 5.76. The van der Waals surface area contributed by atoms with Gasteiger partial charge in [-0.05, 0) is 56.0 Å². The number of carbonyl (C=O) groups is 1. The van der Waals surface area contributed by atoms with Crippen molar-refractivity contribution < 1.29 is 22.7 Å². The van der Waals surface area contributed by atoms with Crippen LogP contribution in [0.4, 0.5) is 18.9 Å². The molecule has 37 heavy (non-hydrogen) atoms. The van der Waals surface area contributed by atoms with E-state index >= 15 is 0 Å². The van der Waals surface area contributed by atoms with Crippen molar-refractivity contribution in [2.45, 2.75) is 65.2 Å². The highest BCUT2D eigenvalue weighted by atomic mass is 19.4. The van der Waals surface area contributed by atoms with Gasteiger partial charge < -0.3 is 19.9 Å². The normalized spacial score (nSPS) is 16.0. The number of nitrogens with one attached hydrogen (secondary N) is 1. The van der Waals surface area contributed by atoms with E-state index in [1.54, 1.807) is 12.1 Å². The summed E-state index contributed by atoms with van der Waals surface area (Å²) in [6.45, 7) is 8.47. The summed E-state index contributed by atoms with van der Waals surface area (Å²) < 4.78 is 40.3. The summed E-state index contributed by atoms with van der Waals surface area (Å²) in [7, 11) is 1.92. The molecule has 0 aromatic heterocycles. The van der Waals surface area contributed by atoms with Crippen LogP contribution in [0.25, 0.3) is 0 Å². The molecule has 8 heteroatoms. The molecular formula is C29H42F3N3O2. The minimum atomic E-state index is -4.64. The van der Waals surface area contributed by atoms with Gasteiger partial charge in [-0.25, -0.2) is 0 Å². The molecule has 1 saturated heterocycles. The molecule has 2 aliphatic rings. The third-order valence-corrected chi connectivity index (χ3v) is 6.37. The van der Waals surface area contributed by atoms with E-state index in [2.05, 4.69) is 53.1 Å². The Morgan fingerprint density at radius 1 is 1.14 bits per heavy atom. The van der Waals surface area contributed by atoms with Gasteiger partial charge in [-0.1, -0.05) is 56.6 Å². The zero-order valence-electron chi connectivity index (χ0n) is 22.4. The molecule has 0 bridgehead atoms. The van der Waals surface area contributed by atoms with Crippen LogP contribution in [0.15, 0.2) is 59.7 Å². The van der Waals surface area contributed by atoms with Crippen molar-refractivity contribution in [3.05, 3.63) is 59.7 Å². The first-order chi connectivity index (χ1) is 17.7. The molecule has 5 nitrogen and oxygen atoms in total. The molecule has 1 aromatic carbocycles. The summed E-state index contributed by atoms with van der Waals surface area (Å²) in [4.78, 5) is 16.0. The monoisotopic (exact) mass is 521 g/mol. The number of allylic oxidation sites excluding steroid dienone is 5. The van der Waals surface area contributed by atoms with Crippen LogP contribution in [-0.2, 0) is 4.79 Å². The van der Waals surface area contributed by atoms with Gasteiger partial charge in [0.05, 0.1) is 0 Å². The van der Waals surface area contributed by atoms with Crippen LogP contribution in [0.5, 0.6) is 5.75 Å². The van der Waals surface area contributed by atoms with E-state index in [1.165, 1.54) is 42.5 Å². The van der Waals surface area contributed by atoms with E-state index in [4.69, 9.17) is 0 Å². The average Bonchev–Trinajstić information content (AvgIpc) is 3.24. The summed E-state index contributed by atoms with van der Waals surface area (Å²) >= 11 is 0. The van der Waals surface area contributed by atoms with E-state index in [0.717, 1.165) is 57.7 Å². The quantitative estimate of drug-likeness (QED) is 0.371. The fourth-order valence-electron chi connectivity index (χ4n) is 4.21. The predicted molar refractivity (Wildman–Crippen MR) is 145 cm³/mol. The number of likely N-dealkylation sites (N-methyl/N-ethyl adjacent to an activating group) is 1. The Morgan fingerprint density at radius 2 is 1.95 bits per heavy atom. The van der Waals surface area contributed by atoms with Crippen molar-refractivity contribution >= 4 is 11.6 Å². The minimum absolute atomic E-state index is 0.169. The molecule has 0 radical (unpaired) electrons. The maximum atomic E-state index is 12.1. The SMILES string of the molecule is CCCCCCC(=O)N(C)CC1=C(C)C=CC=CC1.FC(F)(F)Oc1cccc(N2CCCNCC2)c1. The second-order valence-electron chi connectivity index (χ2n) is 9.47. The van der Waals surface area contributed by atoms with Crippen LogP contribution < -0.4 is 15.0 Å². The lowest BCUT2D eigenvalue weighted by Gasteiger charge is -2.22. The number of halogens is 3. The van der Waals surface area contributed by atoms with Crippen molar-refractivity contribution in [3.63, 3.8) is 0 Å². The number of nitrogens with zero attached hydrogens (tertiary/aromatic N) is 2. The third-order valence-electron chi connectivity index (χ3n) is 6.37. The first-order valence-corrected chi connectivity index (χ1v) is 13.3. The molecule has 0 unspecified atom stereocenters. The predicted octanol–water partition coefficient (Wildman–Crippen LogP) is 6.63. The summed E-state index contributed by atoms with van der Waals surface area (Å²) in [6.07, 6.45) is 11.0. The van der Waals surface area contributed by atoms with Gasteiger partial charge in [-0.15, -0.1) is 13.2 Å². The number of benzene rings is 1. The average molecular weight is 522 g/mol. The molecule has 1 fully saturated rings. The Hall–Kier alpha value is -2.74. The first-order valence-electron chi connectivity index (χ1n) is 13.3. The molecule has 206 valence electrons. The lowest BCUT2D eigenvalue weighted by Crippen LogP contribution is -2.28. The molecule has 0 saturated carbocycles. The van der Waals surface area contributed by atoms with Gasteiger partial charge in [0, 0.05) is 51.4 Å². The topological polar surface area (TPSA) is 44.8 Å². The number of anilines is 1. The van der Waals surface area contributed by atoms with Crippen molar-refractivity contribution in [3.8, 4) is 5.75 Å². The largest absolute Gasteiger partial charge is 0.573 e. The molecule has 0 spiro atoms. The van der Waals surface area contributed by atoms with Crippen LogP contribution in [0.3, 0.4) is 0 Å². The highest BCUT2D eigenvalue weighted by Crippen LogP contribution is 2.27. The smallest absolute Gasteiger partial charge is 0.406 e. The number of hydrogen-bond donors (Lipinski definition) is 1. The second-order valence-corrected chi connectivity index (χ2v) is 9.47. The summed E-state index contributed by atoms with van der Waals surface area (Å²) in [5, 5.41) is 3.25. The van der Waals surface area contributed by atoms with Crippen LogP contribution in [0.1, 0.15) is 58.8 Å². The van der Waals surface area contributed by atoms with Gasteiger partial charge in [0.2, 0.25) is 5.91 Å².